The molecule has 3 aromatic rings. The Morgan fingerprint density at radius 3 is 2.48 bits per heavy atom. The molecule has 3 rings (SSSR count). The van der Waals surface area contributed by atoms with Gasteiger partial charge in [0, 0.05) is 18.3 Å². The van der Waals surface area contributed by atoms with Gasteiger partial charge in [-0.25, -0.2) is 14.5 Å². The lowest BCUT2D eigenvalue weighted by Gasteiger charge is -2.30. The van der Waals surface area contributed by atoms with E-state index in [9.17, 15) is 9.59 Å². The molecule has 0 bridgehead atoms. The molecule has 1 amide bonds. The number of carbonyl (C=O) groups excluding carboxylic acids is 1. The average Bonchev–Trinajstić information content (AvgIpc) is 2.66. The van der Waals surface area contributed by atoms with Crippen LogP contribution in [-0.2, 0) is 4.79 Å². The van der Waals surface area contributed by atoms with E-state index in [0.717, 1.165) is 5.56 Å². The molecule has 2 heterocycles. The van der Waals surface area contributed by atoms with Crippen LogP contribution in [0.5, 0.6) is 0 Å². The number of aromatic nitrogens is 3. The highest BCUT2D eigenvalue weighted by molar-refractivity contribution is 7.99. The van der Waals surface area contributed by atoms with E-state index >= 15 is 0 Å². The molecule has 0 spiro atoms. The van der Waals surface area contributed by atoms with E-state index in [0.29, 0.717) is 21.9 Å². The maximum Gasteiger partial charge on any atom is 0.267 e. The van der Waals surface area contributed by atoms with Gasteiger partial charge in [-0.1, -0.05) is 23.9 Å². The minimum absolute atomic E-state index is 0.0196. The van der Waals surface area contributed by atoms with Crippen LogP contribution in [0, 0.1) is 6.92 Å². The minimum atomic E-state index is -0.187. The summed E-state index contributed by atoms with van der Waals surface area (Å²) in [5.74, 6) is 0.728. The fourth-order valence-electron chi connectivity index (χ4n) is 3.43. The standard InChI is InChI=1S/C22H26N4O2S/c1-14(2)25(15(3)4)20(27)13-29-22-24-18-9-7-6-8-17(18)21(28)26(22)19-12-16(5)10-11-23-19/h6-12,14-15H,13H2,1-5H3. The maximum atomic E-state index is 13.2. The van der Waals surface area contributed by atoms with Crippen LogP contribution in [0.2, 0.25) is 0 Å². The summed E-state index contributed by atoms with van der Waals surface area (Å²) in [5.41, 5.74) is 1.42. The molecule has 2 aromatic heterocycles. The molecule has 0 atom stereocenters. The van der Waals surface area contributed by atoms with Gasteiger partial charge in [0.2, 0.25) is 5.91 Å². The Balaban J connectivity index is 2.06. The van der Waals surface area contributed by atoms with Crippen molar-refractivity contribution in [1.29, 1.82) is 0 Å². The topological polar surface area (TPSA) is 68.1 Å². The fourth-order valence-corrected chi connectivity index (χ4v) is 4.30. The van der Waals surface area contributed by atoms with Gasteiger partial charge in [0.1, 0.15) is 5.82 Å². The third-order valence-corrected chi connectivity index (χ3v) is 5.52. The number of hydrogen-bond acceptors (Lipinski definition) is 5. The number of para-hydroxylation sites is 1. The van der Waals surface area contributed by atoms with Crippen LogP contribution in [0.1, 0.15) is 33.3 Å². The summed E-state index contributed by atoms with van der Waals surface area (Å²) in [5, 5.41) is 0.991. The highest BCUT2D eigenvalue weighted by atomic mass is 32.2. The van der Waals surface area contributed by atoms with E-state index in [-0.39, 0.29) is 29.3 Å². The molecule has 0 fully saturated rings. The number of thioether (sulfide) groups is 1. The molecule has 152 valence electrons. The lowest BCUT2D eigenvalue weighted by molar-refractivity contribution is -0.131. The van der Waals surface area contributed by atoms with Crippen LogP contribution in [0.3, 0.4) is 0 Å². The van der Waals surface area contributed by atoms with Gasteiger partial charge in [0.15, 0.2) is 5.16 Å². The van der Waals surface area contributed by atoms with Crippen LogP contribution in [0.4, 0.5) is 0 Å². The zero-order chi connectivity index (χ0) is 21.1. The van der Waals surface area contributed by atoms with Crippen molar-refractivity contribution >= 4 is 28.6 Å². The van der Waals surface area contributed by atoms with Gasteiger partial charge in [0.05, 0.1) is 16.7 Å². The van der Waals surface area contributed by atoms with Gasteiger partial charge in [-0.05, 0) is 64.4 Å². The lowest BCUT2D eigenvalue weighted by Crippen LogP contribution is -2.43. The molecule has 0 saturated carbocycles. The first-order valence-corrected chi connectivity index (χ1v) is 10.7. The van der Waals surface area contributed by atoms with Crippen molar-refractivity contribution in [3.63, 3.8) is 0 Å². The fraction of sp³-hybridized carbons (Fsp3) is 0.364. The normalized spacial score (nSPS) is 11.4. The Kier molecular flexibility index (Phi) is 6.37. The van der Waals surface area contributed by atoms with Gasteiger partial charge >= 0.3 is 0 Å². The number of benzene rings is 1. The number of pyridine rings is 1. The molecule has 0 N–H and O–H groups in total. The summed E-state index contributed by atoms with van der Waals surface area (Å²) < 4.78 is 1.50. The molecule has 0 aliphatic carbocycles. The van der Waals surface area contributed by atoms with Gasteiger partial charge in [0.25, 0.3) is 5.56 Å². The Labute approximate surface area is 175 Å². The third-order valence-electron chi connectivity index (χ3n) is 4.60. The van der Waals surface area contributed by atoms with E-state index < -0.39 is 0 Å². The first-order valence-electron chi connectivity index (χ1n) is 9.68. The number of rotatable bonds is 6. The largest absolute Gasteiger partial charge is 0.337 e. The summed E-state index contributed by atoms with van der Waals surface area (Å²) in [6, 6.07) is 11.2. The second-order valence-corrected chi connectivity index (χ2v) is 8.46. The highest BCUT2D eigenvalue weighted by Gasteiger charge is 2.22. The molecule has 1 aromatic carbocycles. The van der Waals surface area contributed by atoms with Gasteiger partial charge in [-0.2, -0.15) is 0 Å². The Morgan fingerprint density at radius 1 is 1.14 bits per heavy atom. The Hall–Kier alpha value is -2.67. The van der Waals surface area contributed by atoms with Crippen LogP contribution in [0.25, 0.3) is 16.7 Å². The molecule has 0 aliphatic heterocycles. The van der Waals surface area contributed by atoms with E-state index in [2.05, 4.69) is 9.97 Å². The van der Waals surface area contributed by atoms with Crippen LogP contribution in [0.15, 0.2) is 52.5 Å². The van der Waals surface area contributed by atoms with E-state index in [4.69, 9.17) is 0 Å². The van der Waals surface area contributed by atoms with E-state index in [1.54, 1.807) is 12.3 Å². The van der Waals surface area contributed by atoms with Crippen LogP contribution in [-0.4, -0.2) is 43.2 Å². The lowest BCUT2D eigenvalue weighted by atomic mass is 10.2. The number of hydrogen-bond donors (Lipinski definition) is 0. The predicted molar refractivity (Wildman–Crippen MR) is 118 cm³/mol. The van der Waals surface area contributed by atoms with Crippen molar-refractivity contribution in [2.45, 2.75) is 51.9 Å². The summed E-state index contributed by atoms with van der Waals surface area (Å²) in [4.78, 5) is 37.0. The second-order valence-electron chi connectivity index (χ2n) is 7.52. The van der Waals surface area contributed by atoms with Gasteiger partial charge < -0.3 is 4.90 Å². The number of amides is 1. The van der Waals surface area contributed by atoms with Crippen molar-refractivity contribution in [1.82, 2.24) is 19.4 Å². The van der Waals surface area contributed by atoms with E-state index in [1.807, 2.05) is 69.9 Å². The summed E-state index contributed by atoms with van der Waals surface area (Å²) >= 11 is 1.27. The molecular weight excluding hydrogens is 384 g/mol. The maximum absolute atomic E-state index is 13.2. The number of carbonyl (C=O) groups is 1. The van der Waals surface area contributed by atoms with Crippen LogP contribution >= 0.6 is 11.8 Å². The average molecular weight is 411 g/mol. The van der Waals surface area contributed by atoms with Crippen molar-refractivity contribution in [3.8, 4) is 5.82 Å². The van der Waals surface area contributed by atoms with Crippen molar-refractivity contribution in [2.24, 2.45) is 0 Å². The number of fused-ring (bicyclic) bond motifs is 1. The molecule has 0 aliphatic rings. The monoisotopic (exact) mass is 410 g/mol. The quantitative estimate of drug-likeness (QED) is 0.456. The second kappa shape index (κ2) is 8.78. The summed E-state index contributed by atoms with van der Waals surface area (Å²) in [7, 11) is 0. The molecule has 6 nitrogen and oxygen atoms in total. The molecule has 0 saturated heterocycles. The molecule has 0 radical (unpaired) electrons. The first kappa shape index (κ1) is 21.0. The first-order chi connectivity index (χ1) is 13.8. The molecule has 29 heavy (non-hydrogen) atoms. The minimum Gasteiger partial charge on any atom is -0.337 e. The van der Waals surface area contributed by atoms with Crippen molar-refractivity contribution < 1.29 is 4.79 Å². The zero-order valence-corrected chi connectivity index (χ0v) is 18.2. The predicted octanol–water partition coefficient (Wildman–Crippen LogP) is 3.83. The SMILES string of the molecule is Cc1ccnc(-n2c(SCC(=O)N(C(C)C)C(C)C)nc3ccccc3c2=O)c1. The summed E-state index contributed by atoms with van der Waals surface area (Å²) in [6.07, 6.45) is 1.67. The molecule has 0 unspecified atom stereocenters. The van der Waals surface area contributed by atoms with Gasteiger partial charge in [-0.15, -0.1) is 0 Å². The smallest absolute Gasteiger partial charge is 0.267 e. The van der Waals surface area contributed by atoms with Gasteiger partial charge in [-0.3, -0.25) is 9.59 Å². The van der Waals surface area contributed by atoms with Crippen molar-refractivity contribution in [3.05, 3.63) is 58.5 Å². The Bertz CT molecular complexity index is 1080. The zero-order valence-electron chi connectivity index (χ0n) is 17.4. The molecular formula is C22H26N4O2S. The number of nitrogens with zero attached hydrogens (tertiary/aromatic N) is 4. The summed E-state index contributed by atoms with van der Waals surface area (Å²) in [6.45, 7) is 9.96. The number of aryl methyl sites for hydroxylation is 1. The third kappa shape index (κ3) is 4.50. The van der Waals surface area contributed by atoms with E-state index in [1.165, 1.54) is 16.3 Å². The van der Waals surface area contributed by atoms with Crippen LogP contribution < -0.4 is 5.56 Å². The van der Waals surface area contributed by atoms with Crippen molar-refractivity contribution in [2.75, 3.05) is 5.75 Å². The molecule has 7 heteroatoms. The Morgan fingerprint density at radius 2 is 1.83 bits per heavy atom. The highest BCUT2D eigenvalue weighted by Crippen LogP contribution is 2.22.